The first kappa shape index (κ1) is 12.1. The molecule has 4 heteroatoms. The second-order valence-electron chi connectivity index (χ2n) is 6.54. The van der Waals surface area contributed by atoms with Crippen molar-refractivity contribution in [3.63, 3.8) is 0 Å². The monoisotopic (exact) mass is 309 g/mol. The summed E-state index contributed by atoms with van der Waals surface area (Å²) in [4.78, 5) is 13.5. The molecule has 1 aromatic carbocycles. The number of ether oxygens (including phenoxy) is 1. The summed E-state index contributed by atoms with van der Waals surface area (Å²) >= 11 is 0. The van der Waals surface area contributed by atoms with Crippen LogP contribution in [0.4, 0.5) is 0 Å². The van der Waals surface area contributed by atoms with E-state index in [4.69, 9.17) is 10.2 Å². The molecule has 0 spiro atoms. The zero-order valence-electron chi connectivity index (χ0n) is 17.3. The largest absolute Gasteiger partial charge is 0.460 e. The van der Waals surface area contributed by atoms with Gasteiger partial charge in [0.15, 0.2) is 0 Å². The van der Waals surface area contributed by atoms with Crippen LogP contribution in [0.3, 0.4) is 0 Å². The Balaban J connectivity index is 2.18. The lowest BCUT2D eigenvalue weighted by Crippen LogP contribution is -2.45. The van der Waals surface area contributed by atoms with Gasteiger partial charge in [0, 0.05) is 25.1 Å². The lowest BCUT2D eigenvalue weighted by atomic mass is 9.88. The van der Waals surface area contributed by atoms with Crippen LogP contribution >= 0.6 is 0 Å². The molecular weight excluding hydrogens is 278 g/mol. The number of nitrogens with zero attached hydrogens (tertiary/aromatic N) is 1. The van der Waals surface area contributed by atoms with E-state index in [1.54, 1.807) is 20.8 Å². The molecule has 1 N–H and O–H groups in total. The van der Waals surface area contributed by atoms with Gasteiger partial charge in [-0.3, -0.25) is 9.69 Å². The average Bonchev–Trinajstić information content (AvgIpc) is 2.55. The number of likely N-dealkylation sites (tertiary alicyclic amines) is 1. The van der Waals surface area contributed by atoms with Crippen LogP contribution in [0, 0.1) is 0 Å². The fraction of sp³-hybridized carbons (Fsp3) is 0.611. The summed E-state index contributed by atoms with van der Waals surface area (Å²) < 4.78 is 38.4. The van der Waals surface area contributed by atoms with Crippen LogP contribution in [0.25, 0.3) is 0 Å². The number of hydrogen-bond acceptors (Lipinski definition) is 4. The van der Waals surface area contributed by atoms with Crippen molar-refractivity contribution in [1.29, 1.82) is 0 Å². The number of carbonyl (C=O) groups excluding carboxylic acids is 1. The van der Waals surface area contributed by atoms with Crippen molar-refractivity contribution in [2.24, 2.45) is 0 Å². The molecule has 0 bridgehead atoms. The van der Waals surface area contributed by atoms with Crippen molar-refractivity contribution in [3.05, 3.63) is 35.9 Å². The molecule has 0 saturated carbocycles. The highest BCUT2D eigenvalue weighted by atomic mass is 16.6. The molecule has 1 aromatic rings. The highest BCUT2D eigenvalue weighted by molar-refractivity contribution is 5.71. The van der Waals surface area contributed by atoms with Crippen molar-refractivity contribution >= 4 is 5.97 Å². The Hall–Kier alpha value is -1.39. The van der Waals surface area contributed by atoms with Crippen molar-refractivity contribution in [2.45, 2.75) is 57.7 Å². The van der Waals surface area contributed by atoms with E-state index >= 15 is 0 Å². The zero-order valence-corrected chi connectivity index (χ0v) is 13.3. The molecule has 4 unspecified atom stereocenters. The smallest absolute Gasteiger partial charge is 0.309 e. The van der Waals surface area contributed by atoms with Crippen LogP contribution in [-0.4, -0.2) is 40.2 Å². The lowest BCUT2D eigenvalue weighted by molar-refractivity contribution is -0.162. The number of piperidine rings is 1. The first-order chi connectivity index (χ1) is 12.0. The maximum Gasteiger partial charge on any atom is 0.309 e. The lowest BCUT2D eigenvalue weighted by Gasteiger charge is -2.38. The number of esters is 1. The Morgan fingerprint density at radius 3 is 2.45 bits per heavy atom. The molecular formula is C18H27NO3. The first-order valence-electron chi connectivity index (χ1n) is 9.69. The van der Waals surface area contributed by atoms with Gasteiger partial charge in [-0.15, -0.1) is 0 Å². The number of benzene rings is 1. The van der Waals surface area contributed by atoms with E-state index in [1.807, 2.05) is 30.3 Å². The molecule has 2 rings (SSSR count). The highest BCUT2D eigenvalue weighted by Crippen LogP contribution is 2.27. The minimum atomic E-state index is -2.10. The molecule has 0 aliphatic carbocycles. The van der Waals surface area contributed by atoms with Gasteiger partial charge in [0.1, 0.15) is 5.60 Å². The van der Waals surface area contributed by atoms with Crippen LogP contribution in [0.15, 0.2) is 30.3 Å². The molecule has 4 nitrogen and oxygen atoms in total. The third-order valence-corrected chi connectivity index (χ3v) is 3.16. The molecule has 22 heavy (non-hydrogen) atoms. The van der Waals surface area contributed by atoms with Gasteiger partial charge in [0.2, 0.25) is 0 Å². The van der Waals surface area contributed by atoms with E-state index in [9.17, 15) is 9.90 Å². The normalized spacial score (nSPS) is 39.3. The van der Waals surface area contributed by atoms with Crippen LogP contribution < -0.4 is 0 Å². The zero-order chi connectivity index (χ0) is 19.7. The maximum absolute atomic E-state index is 12.1. The van der Waals surface area contributed by atoms with Crippen molar-refractivity contribution < 1.29 is 20.1 Å². The van der Waals surface area contributed by atoms with E-state index in [2.05, 4.69) is 0 Å². The molecule has 1 aliphatic heterocycles. The molecule has 0 amide bonds. The fourth-order valence-corrected chi connectivity index (χ4v) is 2.18. The third-order valence-electron chi connectivity index (χ3n) is 3.16. The van der Waals surface area contributed by atoms with Crippen LogP contribution in [0.5, 0.6) is 0 Å². The summed E-state index contributed by atoms with van der Waals surface area (Å²) in [6.45, 7) is 2.84. The first-order valence-corrected chi connectivity index (χ1v) is 7.38. The van der Waals surface area contributed by atoms with Gasteiger partial charge in [-0.1, -0.05) is 30.3 Å². The number of carbonyl (C=O) groups is 1. The van der Waals surface area contributed by atoms with Crippen LogP contribution in [0.1, 0.15) is 51.0 Å². The predicted molar refractivity (Wildman–Crippen MR) is 86.4 cm³/mol. The summed E-state index contributed by atoms with van der Waals surface area (Å²) in [7, 11) is 0. The minimum Gasteiger partial charge on any atom is -0.460 e. The Bertz CT molecular complexity index is 607. The fourth-order valence-electron chi connectivity index (χ4n) is 2.18. The Morgan fingerprint density at radius 1 is 1.32 bits per heavy atom. The summed E-state index contributed by atoms with van der Waals surface area (Å²) in [5.41, 5.74) is -2.00. The number of aliphatic hydroxyl groups is 1. The summed E-state index contributed by atoms with van der Waals surface area (Å²) in [5.74, 6) is -0.731. The van der Waals surface area contributed by atoms with Gasteiger partial charge in [-0.2, -0.15) is 0 Å². The molecule has 0 radical (unpaired) electrons. The van der Waals surface area contributed by atoms with Gasteiger partial charge < -0.3 is 9.84 Å². The predicted octanol–water partition coefficient (Wildman–Crippen LogP) is 2.75. The van der Waals surface area contributed by atoms with Gasteiger partial charge in [0.25, 0.3) is 0 Å². The van der Waals surface area contributed by atoms with Crippen LogP contribution in [-0.2, 0) is 16.1 Å². The van der Waals surface area contributed by atoms with E-state index in [-0.39, 0.29) is 6.54 Å². The minimum absolute atomic E-state index is 0.233. The molecule has 1 saturated heterocycles. The van der Waals surface area contributed by atoms with E-state index in [0.29, 0.717) is 0 Å². The quantitative estimate of drug-likeness (QED) is 0.869. The Kier molecular flexibility index (Phi) is 3.73. The molecule has 1 aliphatic rings. The molecule has 1 heterocycles. The van der Waals surface area contributed by atoms with Crippen molar-refractivity contribution in [2.75, 3.05) is 13.0 Å². The van der Waals surface area contributed by atoms with Crippen molar-refractivity contribution in [3.8, 4) is 0 Å². The van der Waals surface area contributed by atoms with Gasteiger partial charge in [-0.05, 0) is 39.1 Å². The SMILES string of the molecule is [2H]C1C([2H])C(O)(CC(=O)OC(C)(C)C)C([2H])C([2H])N1Cc1ccccc1. The Labute approximate surface area is 138 Å². The van der Waals surface area contributed by atoms with Gasteiger partial charge >= 0.3 is 5.97 Å². The highest BCUT2D eigenvalue weighted by Gasteiger charge is 2.35. The second-order valence-corrected chi connectivity index (χ2v) is 6.54. The Morgan fingerprint density at radius 2 is 1.91 bits per heavy atom. The average molecular weight is 309 g/mol. The maximum atomic E-state index is 12.1. The summed E-state index contributed by atoms with van der Waals surface area (Å²) in [6, 6.07) is 9.23. The molecule has 0 aromatic heterocycles. The molecule has 1 fully saturated rings. The standard InChI is InChI=1S/C18H27NO3/c1-17(2,3)22-16(20)13-18(21)9-11-19(12-10-18)14-15-7-5-4-6-8-15/h4-8,21H,9-14H2,1-3H3/i9D,10D,11D,12D. The van der Waals surface area contributed by atoms with Crippen molar-refractivity contribution in [1.82, 2.24) is 4.90 Å². The third kappa shape index (κ3) is 5.43. The number of hydrogen-bond donors (Lipinski definition) is 1. The molecule has 4 atom stereocenters. The van der Waals surface area contributed by atoms with Gasteiger partial charge in [-0.25, -0.2) is 0 Å². The second kappa shape index (κ2) is 6.80. The van der Waals surface area contributed by atoms with E-state index < -0.39 is 49.4 Å². The van der Waals surface area contributed by atoms with Crippen LogP contribution in [0.2, 0.25) is 0 Å². The summed E-state index contributed by atoms with van der Waals surface area (Å²) in [5, 5.41) is 10.9. The molecule has 122 valence electrons. The van der Waals surface area contributed by atoms with E-state index in [1.165, 1.54) is 4.90 Å². The number of rotatable bonds is 4. The van der Waals surface area contributed by atoms with E-state index in [0.717, 1.165) is 5.56 Å². The topological polar surface area (TPSA) is 49.8 Å². The van der Waals surface area contributed by atoms with Gasteiger partial charge in [0.05, 0.1) is 12.0 Å². The summed E-state index contributed by atoms with van der Waals surface area (Å²) in [6.07, 6.45) is -3.43.